The average molecular weight is 472 g/mol. The van der Waals surface area contributed by atoms with E-state index in [1.807, 2.05) is 27.7 Å². The number of carbonyl (C=O) groups excluding carboxylic acids is 2. The maximum atomic E-state index is 13.1. The highest BCUT2D eigenvalue weighted by Crippen LogP contribution is 2.19. The Morgan fingerprint density at radius 3 is 2.35 bits per heavy atom. The van der Waals surface area contributed by atoms with Crippen molar-refractivity contribution in [3.8, 4) is 0 Å². The zero-order chi connectivity index (χ0) is 24.8. The summed E-state index contributed by atoms with van der Waals surface area (Å²) in [6.45, 7) is 11.8. The summed E-state index contributed by atoms with van der Waals surface area (Å²) < 4.78 is 7.15. The maximum absolute atomic E-state index is 13.1. The number of unbranched alkanes of at least 4 members (excludes halogenated alkanes) is 2. The number of rotatable bonds is 8. The van der Waals surface area contributed by atoms with Crippen molar-refractivity contribution in [2.24, 2.45) is 5.92 Å². The summed E-state index contributed by atoms with van der Waals surface area (Å²) in [7, 11) is 0. The Balaban J connectivity index is 1.79. The molecule has 2 heterocycles. The molecule has 0 spiro atoms. The predicted octanol–water partition coefficient (Wildman–Crippen LogP) is 2.48. The van der Waals surface area contributed by atoms with Crippen LogP contribution in [0.2, 0.25) is 0 Å². The second-order valence-electron chi connectivity index (χ2n) is 9.47. The quantitative estimate of drug-likeness (QED) is 0.453. The molecule has 2 amide bonds. The van der Waals surface area contributed by atoms with Crippen molar-refractivity contribution < 1.29 is 14.3 Å². The topological polar surface area (TPSA) is 106 Å². The first-order chi connectivity index (χ1) is 16.2. The predicted molar refractivity (Wildman–Crippen MR) is 131 cm³/mol. The molecule has 1 aromatic heterocycles. The zero-order valence-corrected chi connectivity index (χ0v) is 20.8. The zero-order valence-electron chi connectivity index (χ0n) is 20.8. The lowest BCUT2D eigenvalue weighted by molar-refractivity contribution is -0.136. The van der Waals surface area contributed by atoms with Crippen molar-refractivity contribution in [2.75, 3.05) is 13.1 Å². The summed E-state index contributed by atoms with van der Waals surface area (Å²) in [6, 6.07) is 6.50. The molecule has 3 rings (SSSR count). The molecule has 2 N–H and O–H groups in total. The minimum absolute atomic E-state index is 0.0247. The minimum atomic E-state index is -0.556. The number of nitrogens with zero attached hydrogens (tertiary/aromatic N) is 3. The molecule has 1 saturated heterocycles. The van der Waals surface area contributed by atoms with E-state index in [0.29, 0.717) is 30.4 Å². The van der Waals surface area contributed by atoms with Crippen LogP contribution in [0.25, 0.3) is 10.8 Å². The smallest absolute Gasteiger partial charge is 0.290 e. The van der Waals surface area contributed by atoms with Gasteiger partial charge in [0.15, 0.2) is 5.69 Å². The molecule has 3 atom stereocenters. The van der Waals surface area contributed by atoms with Crippen LogP contribution in [0.5, 0.6) is 0 Å². The van der Waals surface area contributed by atoms with Gasteiger partial charge in [-0.25, -0.2) is 4.68 Å². The molecule has 1 fully saturated rings. The standard InChI is InChI=1S/C25H37N5O4/c1-6-7-10-13-30-25(33)20-12-9-8-11-19(20)21(28-30)23(31)26-27-24(32)22(16(2)3)29-14-17(4)34-18(5)15-29/h8-9,11-12,16-18,22H,6-7,10,13-15H2,1-5H3,(H,26,31)(H,27,32). The van der Waals surface area contributed by atoms with E-state index in [1.165, 1.54) is 4.68 Å². The average Bonchev–Trinajstić information content (AvgIpc) is 2.78. The van der Waals surface area contributed by atoms with Crippen LogP contribution >= 0.6 is 0 Å². The number of hydrazine groups is 1. The van der Waals surface area contributed by atoms with Gasteiger partial charge >= 0.3 is 0 Å². The molecule has 1 aliphatic heterocycles. The number of morpholine rings is 1. The number of fused-ring (bicyclic) bond motifs is 1. The van der Waals surface area contributed by atoms with Gasteiger partial charge in [-0.15, -0.1) is 0 Å². The number of amides is 2. The van der Waals surface area contributed by atoms with Crippen molar-refractivity contribution in [3.63, 3.8) is 0 Å². The number of hydrogen-bond donors (Lipinski definition) is 2. The minimum Gasteiger partial charge on any atom is -0.373 e. The van der Waals surface area contributed by atoms with Gasteiger partial charge in [0.25, 0.3) is 17.4 Å². The summed E-state index contributed by atoms with van der Waals surface area (Å²) in [6.07, 6.45) is 2.83. The summed E-state index contributed by atoms with van der Waals surface area (Å²) in [4.78, 5) is 41.1. The first kappa shape index (κ1) is 25.8. The van der Waals surface area contributed by atoms with E-state index in [-0.39, 0.29) is 35.3 Å². The summed E-state index contributed by atoms with van der Waals surface area (Å²) in [5.41, 5.74) is 5.01. The Labute approximate surface area is 200 Å². The third-order valence-electron chi connectivity index (χ3n) is 6.10. The molecule has 1 aliphatic rings. The van der Waals surface area contributed by atoms with E-state index < -0.39 is 11.9 Å². The van der Waals surface area contributed by atoms with Crippen molar-refractivity contribution >= 4 is 22.6 Å². The fraction of sp³-hybridized carbons (Fsp3) is 0.600. The maximum Gasteiger partial charge on any atom is 0.290 e. The number of benzene rings is 1. The van der Waals surface area contributed by atoms with E-state index in [1.54, 1.807) is 24.3 Å². The largest absolute Gasteiger partial charge is 0.373 e. The second kappa shape index (κ2) is 11.6. The van der Waals surface area contributed by atoms with Crippen LogP contribution in [0.1, 0.15) is 64.4 Å². The number of hydrogen-bond acceptors (Lipinski definition) is 6. The molecule has 9 heteroatoms. The van der Waals surface area contributed by atoms with Gasteiger partial charge in [0, 0.05) is 25.0 Å². The van der Waals surface area contributed by atoms with E-state index in [9.17, 15) is 14.4 Å². The first-order valence-electron chi connectivity index (χ1n) is 12.2. The van der Waals surface area contributed by atoms with E-state index >= 15 is 0 Å². The van der Waals surface area contributed by atoms with Gasteiger partial charge in [-0.3, -0.25) is 30.1 Å². The van der Waals surface area contributed by atoms with Crippen molar-refractivity contribution in [2.45, 2.75) is 78.7 Å². The monoisotopic (exact) mass is 471 g/mol. The number of carbonyl (C=O) groups is 2. The van der Waals surface area contributed by atoms with Crippen molar-refractivity contribution in [1.29, 1.82) is 0 Å². The molecule has 0 bridgehead atoms. The Bertz CT molecular complexity index is 1060. The molecular weight excluding hydrogens is 434 g/mol. The molecule has 9 nitrogen and oxygen atoms in total. The highest BCUT2D eigenvalue weighted by Gasteiger charge is 2.34. The molecular formula is C25H37N5O4. The molecule has 0 radical (unpaired) electrons. The molecule has 0 aliphatic carbocycles. The lowest BCUT2D eigenvalue weighted by atomic mass is 10.00. The SMILES string of the molecule is CCCCCn1nc(C(=O)NNC(=O)C(C(C)C)N2CC(C)OC(C)C2)c2ccccc2c1=O. The van der Waals surface area contributed by atoms with Gasteiger partial charge in [-0.1, -0.05) is 51.8 Å². The summed E-state index contributed by atoms with van der Waals surface area (Å²) in [5.74, 6) is -0.806. The van der Waals surface area contributed by atoms with Crippen molar-refractivity contribution in [3.05, 3.63) is 40.3 Å². The highest BCUT2D eigenvalue weighted by molar-refractivity contribution is 6.05. The molecule has 1 aromatic carbocycles. The molecule has 186 valence electrons. The second-order valence-corrected chi connectivity index (χ2v) is 9.47. The van der Waals surface area contributed by atoms with Crippen molar-refractivity contribution in [1.82, 2.24) is 25.5 Å². The van der Waals surface area contributed by atoms with Gasteiger partial charge in [0.2, 0.25) is 0 Å². The number of aryl methyl sites for hydroxylation is 1. The Morgan fingerprint density at radius 1 is 1.09 bits per heavy atom. The van der Waals surface area contributed by atoms with Crippen LogP contribution in [0.15, 0.2) is 29.1 Å². The van der Waals surface area contributed by atoms with Crippen LogP contribution in [0, 0.1) is 5.92 Å². The third kappa shape index (κ3) is 6.01. The molecule has 2 aromatic rings. The molecule has 3 unspecified atom stereocenters. The number of nitrogens with one attached hydrogen (secondary N) is 2. The van der Waals surface area contributed by atoms with Crippen LogP contribution < -0.4 is 16.4 Å². The number of ether oxygens (including phenoxy) is 1. The van der Waals surface area contributed by atoms with Gasteiger partial charge in [-0.2, -0.15) is 5.10 Å². The van der Waals surface area contributed by atoms with E-state index in [4.69, 9.17) is 4.74 Å². The first-order valence-corrected chi connectivity index (χ1v) is 12.2. The Hall–Kier alpha value is -2.78. The van der Waals surface area contributed by atoms with E-state index in [2.05, 4.69) is 27.8 Å². The van der Waals surface area contributed by atoms with Crippen LogP contribution in [-0.2, 0) is 16.1 Å². The number of aromatic nitrogens is 2. The van der Waals surface area contributed by atoms with Gasteiger partial charge in [0.1, 0.15) is 0 Å². The third-order valence-corrected chi connectivity index (χ3v) is 6.10. The van der Waals surface area contributed by atoms with Gasteiger partial charge in [-0.05, 0) is 32.3 Å². The highest BCUT2D eigenvalue weighted by atomic mass is 16.5. The lowest BCUT2D eigenvalue weighted by Gasteiger charge is -2.40. The van der Waals surface area contributed by atoms with Gasteiger partial charge in [0.05, 0.1) is 23.6 Å². The molecule has 34 heavy (non-hydrogen) atoms. The van der Waals surface area contributed by atoms with E-state index in [0.717, 1.165) is 19.3 Å². The van der Waals surface area contributed by atoms with Gasteiger partial charge < -0.3 is 4.74 Å². The van der Waals surface area contributed by atoms with Crippen LogP contribution in [0.4, 0.5) is 0 Å². The Morgan fingerprint density at radius 2 is 1.74 bits per heavy atom. The fourth-order valence-electron chi connectivity index (χ4n) is 4.65. The van der Waals surface area contributed by atoms with Crippen LogP contribution in [0.3, 0.4) is 0 Å². The lowest BCUT2D eigenvalue weighted by Crippen LogP contribution is -2.59. The Kier molecular flexibility index (Phi) is 8.79. The fourth-order valence-corrected chi connectivity index (χ4v) is 4.65. The summed E-state index contributed by atoms with van der Waals surface area (Å²) >= 11 is 0. The van der Waals surface area contributed by atoms with Crippen LogP contribution in [-0.4, -0.2) is 57.8 Å². The summed E-state index contributed by atoms with van der Waals surface area (Å²) in [5, 5.41) is 5.25. The normalized spacial score (nSPS) is 19.8. The molecule has 0 saturated carbocycles.